The highest BCUT2D eigenvalue weighted by molar-refractivity contribution is 5.95. The van der Waals surface area contributed by atoms with Crippen LogP contribution < -0.4 is 15.4 Å². The molecule has 0 bridgehead atoms. The Morgan fingerprint density at radius 1 is 1.39 bits per heavy atom. The first-order chi connectivity index (χ1) is 11.0. The van der Waals surface area contributed by atoms with Crippen molar-refractivity contribution in [3.05, 3.63) is 29.8 Å². The second-order valence-corrected chi connectivity index (χ2v) is 5.83. The molecular formula is C16H19N3O4. The molecule has 3 rings (SSSR count). The van der Waals surface area contributed by atoms with E-state index in [9.17, 15) is 14.4 Å². The molecule has 122 valence electrons. The van der Waals surface area contributed by atoms with Crippen LogP contribution in [0.25, 0.3) is 0 Å². The molecule has 2 aliphatic rings. The summed E-state index contributed by atoms with van der Waals surface area (Å²) in [4.78, 5) is 37.1. The molecule has 0 radical (unpaired) electrons. The lowest BCUT2D eigenvalue weighted by molar-refractivity contribution is -0.143. The van der Waals surface area contributed by atoms with Crippen molar-refractivity contribution in [2.45, 2.75) is 25.4 Å². The van der Waals surface area contributed by atoms with Gasteiger partial charge in [0.05, 0.1) is 6.54 Å². The number of carbonyl (C=O) groups excluding carboxylic acids is 3. The van der Waals surface area contributed by atoms with Gasteiger partial charge < -0.3 is 20.3 Å². The van der Waals surface area contributed by atoms with Crippen LogP contribution in [0.5, 0.6) is 5.75 Å². The first kappa shape index (κ1) is 15.3. The summed E-state index contributed by atoms with van der Waals surface area (Å²) in [7, 11) is 0. The van der Waals surface area contributed by atoms with E-state index in [-0.39, 0.29) is 36.9 Å². The fraction of sp³-hybridized carbons (Fsp3) is 0.438. The highest BCUT2D eigenvalue weighted by atomic mass is 16.5. The molecule has 0 aromatic heterocycles. The van der Waals surface area contributed by atoms with Gasteiger partial charge in [0.2, 0.25) is 11.8 Å². The van der Waals surface area contributed by atoms with Crippen molar-refractivity contribution in [3.63, 3.8) is 0 Å². The zero-order chi connectivity index (χ0) is 16.4. The minimum atomic E-state index is -0.473. The minimum Gasteiger partial charge on any atom is -0.484 e. The van der Waals surface area contributed by atoms with Gasteiger partial charge in [-0.05, 0) is 25.0 Å². The van der Waals surface area contributed by atoms with Crippen LogP contribution in [0.3, 0.4) is 0 Å². The number of amides is 3. The van der Waals surface area contributed by atoms with E-state index in [0.29, 0.717) is 18.7 Å². The number of nitrogens with zero attached hydrogens (tertiary/aromatic N) is 1. The predicted molar refractivity (Wildman–Crippen MR) is 81.7 cm³/mol. The van der Waals surface area contributed by atoms with Gasteiger partial charge in [-0.3, -0.25) is 14.4 Å². The normalized spacial score (nSPS) is 23.3. The monoisotopic (exact) mass is 317 g/mol. The SMILES string of the molecule is Cc1ccccc1OCC(=O)N[C@@H]1C[C@H]2C(=O)NCC(=O)N2C1. The fourth-order valence-corrected chi connectivity index (χ4v) is 2.98. The first-order valence-electron chi connectivity index (χ1n) is 7.59. The van der Waals surface area contributed by atoms with Crippen LogP contribution >= 0.6 is 0 Å². The molecule has 2 heterocycles. The summed E-state index contributed by atoms with van der Waals surface area (Å²) in [5.41, 5.74) is 0.959. The van der Waals surface area contributed by atoms with Crippen molar-refractivity contribution in [1.82, 2.24) is 15.5 Å². The molecule has 23 heavy (non-hydrogen) atoms. The molecule has 0 saturated carbocycles. The van der Waals surface area contributed by atoms with Gasteiger partial charge in [0.15, 0.2) is 6.61 Å². The second kappa shape index (κ2) is 6.28. The molecule has 7 heteroatoms. The van der Waals surface area contributed by atoms with Crippen molar-refractivity contribution in [2.75, 3.05) is 19.7 Å². The number of hydrogen-bond acceptors (Lipinski definition) is 4. The average molecular weight is 317 g/mol. The van der Waals surface area contributed by atoms with Crippen LogP contribution in [0.2, 0.25) is 0 Å². The molecule has 2 aliphatic heterocycles. The highest BCUT2D eigenvalue weighted by Crippen LogP contribution is 2.21. The van der Waals surface area contributed by atoms with Crippen molar-refractivity contribution < 1.29 is 19.1 Å². The number of aryl methyl sites for hydroxylation is 1. The molecule has 1 aromatic rings. The third kappa shape index (κ3) is 3.28. The molecule has 2 atom stereocenters. The topological polar surface area (TPSA) is 87.7 Å². The predicted octanol–water partition coefficient (Wildman–Crippen LogP) is -0.411. The van der Waals surface area contributed by atoms with Gasteiger partial charge in [-0.1, -0.05) is 18.2 Å². The summed E-state index contributed by atoms with van der Waals surface area (Å²) in [6.45, 7) is 2.22. The largest absolute Gasteiger partial charge is 0.484 e. The molecular weight excluding hydrogens is 298 g/mol. The molecule has 0 aliphatic carbocycles. The van der Waals surface area contributed by atoms with Crippen LogP contribution in [0.15, 0.2) is 24.3 Å². The van der Waals surface area contributed by atoms with Gasteiger partial charge in [0.1, 0.15) is 11.8 Å². The van der Waals surface area contributed by atoms with Crippen molar-refractivity contribution in [2.24, 2.45) is 0 Å². The molecule has 0 unspecified atom stereocenters. The number of piperazine rings is 1. The number of ether oxygens (including phenoxy) is 1. The van der Waals surface area contributed by atoms with Gasteiger partial charge >= 0.3 is 0 Å². The summed E-state index contributed by atoms with van der Waals surface area (Å²) in [6.07, 6.45) is 0.438. The minimum absolute atomic E-state index is 0.0341. The van der Waals surface area contributed by atoms with Gasteiger partial charge in [0, 0.05) is 12.6 Å². The molecule has 2 N–H and O–H groups in total. The summed E-state index contributed by atoms with van der Waals surface area (Å²) < 4.78 is 5.50. The van der Waals surface area contributed by atoms with Crippen LogP contribution in [0, 0.1) is 6.92 Å². The summed E-state index contributed by atoms with van der Waals surface area (Å²) in [5.74, 6) is 0.145. The van der Waals surface area contributed by atoms with Gasteiger partial charge in [-0.2, -0.15) is 0 Å². The van der Waals surface area contributed by atoms with E-state index in [1.54, 1.807) is 6.07 Å². The Kier molecular flexibility index (Phi) is 4.18. The number of benzene rings is 1. The summed E-state index contributed by atoms with van der Waals surface area (Å²) >= 11 is 0. The Hall–Kier alpha value is -2.57. The lowest BCUT2D eigenvalue weighted by Crippen LogP contribution is -2.55. The van der Waals surface area contributed by atoms with Crippen LogP contribution in [0.1, 0.15) is 12.0 Å². The number of para-hydroxylation sites is 1. The van der Waals surface area contributed by atoms with Crippen molar-refractivity contribution >= 4 is 17.7 Å². The average Bonchev–Trinajstić information content (AvgIpc) is 2.95. The standard InChI is InChI=1S/C16H19N3O4/c1-10-4-2-3-5-13(10)23-9-14(20)18-11-6-12-16(22)17-7-15(21)19(12)8-11/h2-5,11-12H,6-9H2,1H3,(H,17,22)(H,18,20)/t11-,12+/m1/s1. The smallest absolute Gasteiger partial charge is 0.258 e. The van der Waals surface area contributed by atoms with Gasteiger partial charge in [0.25, 0.3) is 5.91 Å². The van der Waals surface area contributed by atoms with Crippen LogP contribution in [-0.4, -0.2) is 54.4 Å². The van der Waals surface area contributed by atoms with Crippen LogP contribution in [0.4, 0.5) is 0 Å². The highest BCUT2D eigenvalue weighted by Gasteiger charge is 2.42. The molecule has 2 saturated heterocycles. The quantitative estimate of drug-likeness (QED) is 0.790. The third-order valence-corrected chi connectivity index (χ3v) is 4.16. The Morgan fingerprint density at radius 3 is 2.91 bits per heavy atom. The number of rotatable bonds is 4. The molecule has 0 spiro atoms. The number of nitrogens with one attached hydrogen (secondary N) is 2. The third-order valence-electron chi connectivity index (χ3n) is 4.16. The lowest BCUT2D eigenvalue weighted by Gasteiger charge is -2.28. The zero-order valence-electron chi connectivity index (χ0n) is 12.9. The summed E-state index contributed by atoms with van der Waals surface area (Å²) in [5, 5.41) is 5.39. The Morgan fingerprint density at radius 2 is 2.17 bits per heavy atom. The summed E-state index contributed by atoms with van der Waals surface area (Å²) in [6, 6.07) is 6.77. The second-order valence-electron chi connectivity index (χ2n) is 5.83. The number of carbonyl (C=O) groups is 3. The van der Waals surface area contributed by atoms with Gasteiger partial charge in [-0.25, -0.2) is 0 Å². The van der Waals surface area contributed by atoms with Crippen LogP contribution in [-0.2, 0) is 14.4 Å². The number of hydrogen-bond donors (Lipinski definition) is 2. The maximum atomic E-state index is 12.0. The Labute approximate surface area is 134 Å². The van der Waals surface area contributed by atoms with Gasteiger partial charge in [-0.15, -0.1) is 0 Å². The maximum Gasteiger partial charge on any atom is 0.258 e. The molecule has 2 fully saturated rings. The zero-order valence-corrected chi connectivity index (χ0v) is 12.9. The van der Waals surface area contributed by atoms with E-state index in [0.717, 1.165) is 5.56 Å². The van der Waals surface area contributed by atoms with Crippen molar-refractivity contribution in [1.29, 1.82) is 0 Å². The lowest BCUT2D eigenvalue weighted by atomic mass is 10.1. The van der Waals surface area contributed by atoms with E-state index in [4.69, 9.17) is 4.74 Å². The maximum absolute atomic E-state index is 12.0. The fourth-order valence-electron chi connectivity index (χ4n) is 2.98. The first-order valence-corrected chi connectivity index (χ1v) is 7.59. The van der Waals surface area contributed by atoms with E-state index < -0.39 is 6.04 Å². The van der Waals surface area contributed by atoms with E-state index >= 15 is 0 Å². The number of fused-ring (bicyclic) bond motifs is 1. The van der Waals surface area contributed by atoms with E-state index in [1.807, 2.05) is 25.1 Å². The van der Waals surface area contributed by atoms with E-state index in [2.05, 4.69) is 10.6 Å². The molecule has 3 amide bonds. The van der Waals surface area contributed by atoms with Crippen molar-refractivity contribution in [3.8, 4) is 5.75 Å². The Balaban J connectivity index is 1.52. The van der Waals surface area contributed by atoms with E-state index in [1.165, 1.54) is 4.90 Å². The Bertz CT molecular complexity index is 622. The molecule has 1 aromatic carbocycles. The molecule has 7 nitrogen and oxygen atoms in total.